The Balaban J connectivity index is 1.74. The van der Waals surface area contributed by atoms with Gasteiger partial charge in [-0.05, 0) is 30.7 Å². The van der Waals surface area contributed by atoms with Crippen molar-refractivity contribution in [3.05, 3.63) is 23.8 Å². The van der Waals surface area contributed by atoms with Crippen LogP contribution in [-0.2, 0) is 11.3 Å². The number of carboxylic acids is 1. The summed E-state index contributed by atoms with van der Waals surface area (Å²) in [4.78, 5) is 10.3. The highest BCUT2D eigenvalue weighted by Gasteiger charge is 2.12. The highest BCUT2D eigenvalue weighted by atomic mass is 16.7. The minimum Gasteiger partial charge on any atom is -0.481 e. The molecule has 0 atom stereocenters. The van der Waals surface area contributed by atoms with E-state index in [0.717, 1.165) is 17.1 Å². The summed E-state index contributed by atoms with van der Waals surface area (Å²) in [6, 6.07) is 5.79. The molecule has 0 radical (unpaired) electrons. The number of benzene rings is 1. The molecule has 1 aromatic rings. The van der Waals surface area contributed by atoms with E-state index in [1.54, 1.807) is 0 Å². The molecule has 2 rings (SSSR count). The summed E-state index contributed by atoms with van der Waals surface area (Å²) in [7, 11) is 0. The van der Waals surface area contributed by atoms with Gasteiger partial charge in [0.1, 0.15) is 0 Å². The molecule has 5 heteroatoms. The first-order chi connectivity index (χ1) is 8.25. The number of carbonyl (C=O) groups is 1. The quantitative estimate of drug-likeness (QED) is 0.731. The van der Waals surface area contributed by atoms with Crippen LogP contribution in [0.4, 0.5) is 0 Å². The number of rotatable bonds is 6. The fourth-order valence-electron chi connectivity index (χ4n) is 1.65. The van der Waals surface area contributed by atoms with Crippen molar-refractivity contribution in [2.45, 2.75) is 19.4 Å². The van der Waals surface area contributed by atoms with Gasteiger partial charge in [-0.3, -0.25) is 4.79 Å². The van der Waals surface area contributed by atoms with Gasteiger partial charge in [-0.2, -0.15) is 0 Å². The van der Waals surface area contributed by atoms with E-state index in [1.807, 2.05) is 18.2 Å². The van der Waals surface area contributed by atoms with Crippen LogP contribution in [0.15, 0.2) is 18.2 Å². The van der Waals surface area contributed by atoms with Gasteiger partial charge < -0.3 is 19.9 Å². The summed E-state index contributed by atoms with van der Waals surface area (Å²) in [5.41, 5.74) is 1.10. The van der Waals surface area contributed by atoms with Gasteiger partial charge in [0.25, 0.3) is 0 Å². The lowest BCUT2D eigenvalue weighted by molar-refractivity contribution is -0.137. The maximum absolute atomic E-state index is 10.3. The first-order valence-electron chi connectivity index (χ1n) is 5.57. The number of carboxylic acid groups (broad SMARTS) is 1. The van der Waals surface area contributed by atoms with Gasteiger partial charge in [-0.15, -0.1) is 0 Å². The Morgan fingerprint density at radius 1 is 1.35 bits per heavy atom. The molecule has 0 amide bonds. The zero-order valence-corrected chi connectivity index (χ0v) is 9.44. The van der Waals surface area contributed by atoms with Gasteiger partial charge in [0.05, 0.1) is 0 Å². The third-order valence-electron chi connectivity index (χ3n) is 2.51. The Kier molecular flexibility index (Phi) is 3.82. The zero-order valence-electron chi connectivity index (χ0n) is 9.44. The molecule has 0 unspecified atom stereocenters. The first kappa shape index (κ1) is 11.7. The molecule has 0 bridgehead atoms. The maximum Gasteiger partial charge on any atom is 0.303 e. The molecule has 1 aliphatic rings. The SMILES string of the molecule is O=C(O)CCCNCc1ccc2c(c1)OCO2. The van der Waals surface area contributed by atoms with Gasteiger partial charge in [0.2, 0.25) is 6.79 Å². The van der Waals surface area contributed by atoms with E-state index < -0.39 is 5.97 Å². The van der Waals surface area contributed by atoms with Crippen molar-refractivity contribution < 1.29 is 19.4 Å². The Bertz CT molecular complexity index is 405. The Morgan fingerprint density at radius 2 is 2.18 bits per heavy atom. The lowest BCUT2D eigenvalue weighted by atomic mass is 10.2. The van der Waals surface area contributed by atoms with Crippen molar-refractivity contribution in [3.63, 3.8) is 0 Å². The normalized spacial score (nSPS) is 12.7. The average Bonchev–Trinajstić information content (AvgIpc) is 2.75. The largest absolute Gasteiger partial charge is 0.481 e. The first-order valence-corrected chi connectivity index (χ1v) is 5.57. The molecule has 0 saturated carbocycles. The van der Waals surface area contributed by atoms with Gasteiger partial charge in [0.15, 0.2) is 11.5 Å². The van der Waals surface area contributed by atoms with E-state index in [1.165, 1.54) is 0 Å². The van der Waals surface area contributed by atoms with Crippen molar-refractivity contribution in [1.82, 2.24) is 5.32 Å². The van der Waals surface area contributed by atoms with Crippen molar-refractivity contribution in [2.24, 2.45) is 0 Å². The van der Waals surface area contributed by atoms with Crippen LogP contribution < -0.4 is 14.8 Å². The fourth-order valence-corrected chi connectivity index (χ4v) is 1.65. The van der Waals surface area contributed by atoms with E-state index in [2.05, 4.69) is 5.32 Å². The van der Waals surface area contributed by atoms with E-state index in [9.17, 15) is 4.79 Å². The van der Waals surface area contributed by atoms with E-state index in [4.69, 9.17) is 14.6 Å². The lowest BCUT2D eigenvalue weighted by Crippen LogP contribution is -2.15. The third kappa shape index (κ3) is 3.35. The van der Waals surface area contributed by atoms with Crippen molar-refractivity contribution in [1.29, 1.82) is 0 Å². The minimum atomic E-state index is -0.755. The summed E-state index contributed by atoms with van der Waals surface area (Å²) in [6.45, 7) is 1.68. The molecule has 1 heterocycles. The molecular weight excluding hydrogens is 222 g/mol. The molecule has 5 nitrogen and oxygen atoms in total. The molecule has 0 fully saturated rings. The summed E-state index contributed by atoms with van der Waals surface area (Å²) >= 11 is 0. The zero-order chi connectivity index (χ0) is 12.1. The molecule has 1 aromatic carbocycles. The summed E-state index contributed by atoms with van der Waals surface area (Å²) in [5.74, 6) is 0.796. The number of ether oxygens (including phenoxy) is 2. The molecule has 0 saturated heterocycles. The van der Waals surface area contributed by atoms with Gasteiger partial charge in [0, 0.05) is 13.0 Å². The van der Waals surface area contributed by atoms with Crippen molar-refractivity contribution in [3.8, 4) is 11.5 Å². The molecular formula is C12H15NO4. The van der Waals surface area contributed by atoms with Crippen LogP contribution in [0, 0.1) is 0 Å². The van der Waals surface area contributed by atoms with Crippen LogP contribution >= 0.6 is 0 Å². The Labute approximate surface area is 99.3 Å². The molecule has 92 valence electrons. The van der Waals surface area contributed by atoms with Crippen molar-refractivity contribution in [2.75, 3.05) is 13.3 Å². The maximum atomic E-state index is 10.3. The summed E-state index contributed by atoms with van der Waals surface area (Å²) in [5, 5.41) is 11.7. The van der Waals surface area contributed by atoms with Crippen LogP contribution in [0.1, 0.15) is 18.4 Å². The van der Waals surface area contributed by atoms with E-state index in [-0.39, 0.29) is 13.2 Å². The van der Waals surface area contributed by atoms with Crippen LogP contribution in [0.2, 0.25) is 0 Å². The van der Waals surface area contributed by atoms with Crippen molar-refractivity contribution >= 4 is 5.97 Å². The second-order valence-corrected chi connectivity index (χ2v) is 3.86. The number of hydrogen-bond acceptors (Lipinski definition) is 4. The number of hydrogen-bond donors (Lipinski definition) is 2. The van der Waals surface area contributed by atoms with Crippen LogP contribution in [0.5, 0.6) is 11.5 Å². The number of fused-ring (bicyclic) bond motifs is 1. The van der Waals surface area contributed by atoms with E-state index >= 15 is 0 Å². The molecule has 2 N–H and O–H groups in total. The third-order valence-corrected chi connectivity index (χ3v) is 2.51. The standard InChI is InChI=1S/C12H15NO4/c14-12(15)2-1-5-13-7-9-3-4-10-11(6-9)17-8-16-10/h3-4,6,13H,1-2,5,7-8H2,(H,14,15). The summed E-state index contributed by atoms with van der Waals surface area (Å²) < 4.78 is 10.5. The fraction of sp³-hybridized carbons (Fsp3) is 0.417. The second-order valence-electron chi connectivity index (χ2n) is 3.86. The molecule has 0 spiro atoms. The van der Waals surface area contributed by atoms with Crippen LogP contribution in [0.3, 0.4) is 0 Å². The lowest BCUT2D eigenvalue weighted by Gasteiger charge is -2.05. The predicted molar refractivity (Wildman–Crippen MR) is 61.1 cm³/mol. The van der Waals surface area contributed by atoms with Crippen LogP contribution in [0.25, 0.3) is 0 Å². The Morgan fingerprint density at radius 3 is 3.00 bits per heavy atom. The van der Waals surface area contributed by atoms with Crippen LogP contribution in [-0.4, -0.2) is 24.4 Å². The monoisotopic (exact) mass is 237 g/mol. The minimum absolute atomic E-state index is 0.203. The van der Waals surface area contributed by atoms with Gasteiger partial charge in [-0.1, -0.05) is 6.07 Å². The highest BCUT2D eigenvalue weighted by molar-refractivity contribution is 5.66. The number of nitrogens with one attached hydrogen (secondary N) is 1. The molecule has 17 heavy (non-hydrogen) atoms. The average molecular weight is 237 g/mol. The molecule has 0 aliphatic carbocycles. The molecule has 0 aromatic heterocycles. The van der Waals surface area contributed by atoms with E-state index in [0.29, 0.717) is 19.5 Å². The van der Waals surface area contributed by atoms with Gasteiger partial charge >= 0.3 is 5.97 Å². The Hall–Kier alpha value is -1.75. The smallest absolute Gasteiger partial charge is 0.303 e. The van der Waals surface area contributed by atoms with Gasteiger partial charge in [-0.25, -0.2) is 0 Å². The highest BCUT2D eigenvalue weighted by Crippen LogP contribution is 2.32. The number of aliphatic carboxylic acids is 1. The summed E-state index contributed by atoms with van der Waals surface area (Å²) in [6.07, 6.45) is 0.841. The predicted octanol–water partition coefficient (Wildman–Crippen LogP) is 1.37. The second kappa shape index (κ2) is 5.54. The molecule has 1 aliphatic heterocycles. The topological polar surface area (TPSA) is 67.8 Å².